The fourth-order valence-corrected chi connectivity index (χ4v) is 3.70. The van der Waals surface area contributed by atoms with Crippen molar-refractivity contribution < 1.29 is 24.5 Å². The molecule has 7 heteroatoms. The van der Waals surface area contributed by atoms with Crippen molar-refractivity contribution in [2.45, 2.75) is 40.5 Å². The Balaban J connectivity index is 2.47. The van der Waals surface area contributed by atoms with E-state index in [0.717, 1.165) is 11.1 Å². The van der Waals surface area contributed by atoms with Gasteiger partial charge in [-0.2, -0.15) is 0 Å². The number of benzene rings is 2. The van der Waals surface area contributed by atoms with E-state index in [1.165, 1.54) is 25.3 Å². The molecule has 0 amide bonds. The molecule has 0 radical (unpaired) electrons. The van der Waals surface area contributed by atoms with Gasteiger partial charge in [0.25, 0.3) is 0 Å². The first-order valence-electron chi connectivity index (χ1n) is 10.4. The van der Waals surface area contributed by atoms with E-state index in [-0.39, 0.29) is 63.2 Å². The number of ether oxygens (including phenoxy) is 1. The molecule has 0 aliphatic carbocycles. The third-order valence-corrected chi connectivity index (χ3v) is 5.58. The molecule has 0 aliphatic rings. The molecular formula is C26H27ClO6. The lowest BCUT2D eigenvalue weighted by atomic mass is 9.96. The van der Waals surface area contributed by atoms with Gasteiger partial charge >= 0.3 is 0 Å². The molecule has 0 aliphatic heterocycles. The summed E-state index contributed by atoms with van der Waals surface area (Å²) in [6, 6.07) is 4.36. The van der Waals surface area contributed by atoms with E-state index in [2.05, 4.69) is 0 Å². The van der Waals surface area contributed by atoms with Crippen molar-refractivity contribution in [3.8, 4) is 34.3 Å². The van der Waals surface area contributed by atoms with E-state index < -0.39 is 5.43 Å². The minimum Gasteiger partial charge on any atom is -0.507 e. The van der Waals surface area contributed by atoms with Gasteiger partial charge in [-0.1, -0.05) is 34.9 Å². The number of phenolic OH excluding ortho intramolecular Hbond substituents is 3. The predicted molar refractivity (Wildman–Crippen MR) is 131 cm³/mol. The minimum absolute atomic E-state index is 0.0624. The maximum absolute atomic E-state index is 13.5. The van der Waals surface area contributed by atoms with Gasteiger partial charge in [-0.15, -0.1) is 0 Å². The van der Waals surface area contributed by atoms with Gasteiger partial charge in [0, 0.05) is 16.7 Å². The van der Waals surface area contributed by atoms with Crippen LogP contribution in [-0.2, 0) is 12.8 Å². The smallest absolute Gasteiger partial charge is 0.239 e. The van der Waals surface area contributed by atoms with Crippen LogP contribution >= 0.6 is 11.6 Å². The lowest BCUT2D eigenvalue weighted by Gasteiger charge is -2.16. The molecule has 3 rings (SSSR count). The van der Waals surface area contributed by atoms with Crippen LogP contribution in [0.3, 0.4) is 0 Å². The molecule has 0 bridgehead atoms. The average Bonchev–Trinajstić information content (AvgIpc) is 2.74. The van der Waals surface area contributed by atoms with Crippen molar-refractivity contribution in [3.63, 3.8) is 0 Å². The van der Waals surface area contributed by atoms with Gasteiger partial charge in [0.05, 0.1) is 12.1 Å². The maximum Gasteiger partial charge on any atom is 0.239 e. The number of fused-ring (bicyclic) bond motifs is 1. The maximum atomic E-state index is 13.5. The molecule has 0 atom stereocenters. The zero-order valence-corrected chi connectivity index (χ0v) is 20.0. The quantitative estimate of drug-likeness (QED) is 0.368. The fraction of sp³-hybridized carbons (Fsp3) is 0.269. The summed E-state index contributed by atoms with van der Waals surface area (Å²) >= 11 is 6.06. The van der Waals surface area contributed by atoms with E-state index in [0.29, 0.717) is 11.1 Å². The number of methoxy groups -OCH3 is 1. The molecule has 2 aromatic carbocycles. The van der Waals surface area contributed by atoms with Crippen LogP contribution in [0.15, 0.2) is 50.7 Å². The van der Waals surface area contributed by atoms with Crippen LogP contribution in [0.5, 0.6) is 23.0 Å². The summed E-state index contributed by atoms with van der Waals surface area (Å²) < 4.78 is 11.5. The number of rotatable bonds is 6. The highest BCUT2D eigenvalue weighted by molar-refractivity contribution is 6.32. The van der Waals surface area contributed by atoms with Gasteiger partial charge < -0.3 is 24.5 Å². The highest BCUT2D eigenvalue weighted by Gasteiger charge is 2.26. The van der Waals surface area contributed by atoms with Gasteiger partial charge in [0.1, 0.15) is 28.2 Å². The second-order valence-electron chi connectivity index (χ2n) is 8.29. The van der Waals surface area contributed by atoms with Crippen molar-refractivity contribution in [3.05, 3.63) is 67.9 Å². The van der Waals surface area contributed by atoms with Gasteiger partial charge in [0.15, 0.2) is 5.76 Å². The molecule has 0 saturated carbocycles. The Bertz CT molecular complexity index is 1340. The summed E-state index contributed by atoms with van der Waals surface area (Å²) in [5.74, 6) is -0.634. The number of hydrogen-bond acceptors (Lipinski definition) is 6. The van der Waals surface area contributed by atoms with Crippen molar-refractivity contribution >= 4 is 22.6 Å². The third kappa shape index (κ3) is 4.71. The summed E-state index contributed by atoms with van der Waals surface area (Å²) in [6.45, 7) is 7.66. The molecule has 0 unspecified atom stereocenters. The summed E-state index contributed by atoms with van der Waals surface area (Å²) in [5, 5.41) is 31.9. The lowest BCUT2D eigenvalue weighted by Crippen LogP contribution is -2.10. The van der Waals surface area contributed by atoms with Crippen molar-refractivity contribution in [2.24, 2.45) is 0 Å². The molecule has 3 N–H and O–H groups in total. The van der Waals surface area contributed by atoms with E-state index in [4.69, 9.17) is 20.8 Å². The molecule has 3 aromatic rings. The molecule has 6 nitrogen and oxygen atoms in total. The summed E-state index contributed by atoms with van der Waals surface area (Å²) in [6.07, 6.45) is 4.29. The monoisotopic (exact) mass is 470 g/mol. The Morgan fingerprint density at radius 1 is 1.00 bits per heavy atom. The molecule has 0 fully saturated rings. The second-order valence-corrected chi connectivity index (χ2v) is 8.70. The van der Waals surface area contributed by atoms with Crippen LogP contribution in [0.4, 0.5) is 0 Å². The number of hydrogen-bond donors (Lipinski definition) is 3. The molecule has 33 heavy (non-hydrogen) atoms. The molecule has 0 saturated heterocycles. The van der Waals surface area contributed by atoms with Crippen LogP contribution in [0.25, 0.3) is 22.3 Å². The van der Waals surface area contributed by atoms with Crippen molar-refractivity contribution in [2.75, 3.05) is 7.11 Å². The molecule has 1 heterocycles. The highest BCUT2D eigenvalue weighted by Crippen LogP contribution is 2.43. The number of halogens is 1. The first kappa shape index (κ1) is 24.3. The summed E-state index contributed by atoms with van der Waals surface area (Å²) in [7, 11) is 1.33. The van der Waals surface area contributed by atoms with E-state index in [1.54, 1.807) is 0 Å². The Labute approximate surface area is 197 Å². The van der Waals surface area contributed by atoms with Crippen LogP contribution in [0.2, 0.25) is 5.02 Å². The zero-order valence-electron chi connectivity index (χ0n) is 19.2. The van der Waals surface area contributed by atoms with E-state index >= 15 is 0 Å². The van der Waals surface area contributed by atoms with Crippen molar-refractivity contribution in [1.29, 1.82) is 0 Å². The Kier molecular flexibility index (Phi) is 7.08. The Hall–Kier alpha value is -3.38. The predicted octanol–water partition coefficient (Wildman–Crippen LogP) is 6.26. The van der Waals surface area contributed by atoms with Gasteiger partial charge in [-0.25, -0.2) is 0 Å². The van der Waals surface area contributed by atoms with Crippen LogP contribution in [0, 0.1) is 0 Å². The van der Waals surface area contributed by atoms with E-state index in [1.807, 2.05) is 39.8 Å². The number of allylic oxidation sites excluding steroid dienone is 4. The Morgan fingerprint density at radius 3 is 2.15 bits per heavy atom. The number of phenols is 3. The van der Waals surface area contributed by atoms with Crippen molar-refractivity contribution in [1.82, 2.24) is 0 Å². The van der Waals surface area contributed by atoms with Gasteiger partial charge in [-0.05, 0) is 58.7 Å². The lowest BCUT2D eigenvalue weighted by molar-refractivity contribution is 0.396. The Morgan fingerprint density at radius 2 is 1.61 bits per heavy atom. The van der Waals surface area contributed by atoms with Crippen LogP contribution in [0.1, 0.15) is 38.8 Å². The summed E-state index contributed by atoms with van der Waals surface area (Å²) in [5.41, 5.74) is 2.53. The molecular weight excluding hydrogens is 444 g/mol. The topological polar surface area (TPSA) is 100 Å². The van der Waals surface area contributed by atoms with Gasteiger partial charge in [0.2, 0.25) is 11.2 Å². The SMILES string of the molecule is COc1c(-c2ccc(O)c(Cl)c2)oc2c(CC=C(C)C)c(O)c(CC=C(C)C)c(O)c2c1=O. The first-order valence-corrected chi connectivity index (χ1v) is 10.8. The standard InChI is InChI=1S/C26H27ClO6/c1-13(2)6-9-16-21(29)17(10-7-14(3)4)25-20(22(16)30)23(31)26(32-5)24(33-25)15-8-11-19(28)18(27)12-15/h6-8,11-12,28-30H,9-10H2,1-5H3. The zero-order chi connectivity index (χ0) is 24.4. The number of aromatic hydroxyl groups is 3. The molecule has 174 valence electrons. The van der Waals surface area contributed by atoms with Crippen LogP contribution in [-0.4, -0.2) is 22.4 Å². The fourth-order valence-electron chi connectivity index (χ4n) is 3.52. The molecule has 0 spiro atoms. The normalized spacial score (nSPS) is 10.8. The molecule has 1 aromatic heterocycles. The second kappa shape index (κ2) is 9.63. The average molecular weight is 471 g/mol. The highest BCUT2D eigenvalue weighted by atomic mass is 35.5. The first-order chi connectivity index (χ1) is 15.6. The van der Waals surface area contributed by atoms with E-state index in [9.17, 15) is 20.1 Å². The minimum atomic E-state index is -0.577. The third-order valence-electron chi connectivity index (χ3n) is 5.28. The summed E-state index contributed by atoms with van der Waals surface area (Å²) in [4.78, 5) is 13.5. The largest absolute Gasteiger partial charge is 0.507 e. The van der Waals surface area contributed by atoms with Crippen LogP contribution < -0.4 is 10.2 Å². The van der Waals surface area contributed by atoms with Gasteiger partial charge in [-0.3, -0.25) is 4.79 Å².